The van der Waals surface area contributed by atoms with E-state index in [4.69, 9.17) is 14.7 Å². The standard InChI is InChI=1S/C29H34F3N3O2/c1-8-27(9-2)19-15-22-23(16-20(19)28(10-3,11-4)37-27)35-24(33-22)18-13-12-17(36-29(30,31)32)14-21(18)34-25(35)26(5,6)7/h12-16H,8-11H2,1-7H3. The molecule has 1 aliphatic heterocycles. The summed E-state index contributed by atoms with van der Waals surface area (Å²) < 4.78 is 51.8. The third-order valence-electron chi connectivity index (χ3n) is 8.00. The highest BCUT2D eigenvalue weighted by Gasteiger charge is 2.50. The Labute approximate surface area is 215 Å². The van der Waals surface area contributed by atoms with Crippen molar-refractivity contribution in [3.63, 3.8) is 0 Å². The van der Waals surface area contributed by atoms with E-state index in [0.717, 1.165) is 42.5 Å². The molecule has 0 aliphatic carbocycles. The molecule has 0 bridgehead atoms. The fourth-order valence-corrected chi connectivity index (χ4v) is 5.96. The average Bonchev–Trinajstić information content (AvgIpc) is 3.34. The van der Waals surface area contributed by atoms with E-state index in [1.807, 2.05) is 20.8 Å². The van der Waals surface area contributed by atoms with Crippen molar-refractivity contribution < 1.29 is 22.6 Å². The number of alkyl halides is 3. The highest BCUT2D eigenvalue weighted by Crippen LogP contribution is 2.54. The smallest absolute Gasteiger partial charge is 0.406 e. The van der Waals surface area contributed by atoms with Crippen LogP contribution in [0.3, 0.4) is 0 Å². The van der Waals surface area contributed by atoms with Gasteiger partial charge in [0.15, 0.2) is 0 Å². The number of benzene rings is 2. The van der Waals surface area contributed by atoms with Gasteiger partial charge in [0.05, 0.1) is 27.8 Å². The van der Waals surface area contributed by atoms with Crippen molar-refractivity contribution >= 4 is 27.6 Å². The van der Waals surface area contributed by atoms with Gasteiger partial charge in [-0.1, -0.05) is 48.5 Å². The molecule has 0 radical (unpaired) electrons. The van der Waals surface area contributed by atoms with Crippen LogP contribution in [0.4, 0.5) is 13.2 Å². The van der Waals surface area contributed by atoms with Crippen LogP contribution in [0.2, 0.25) is 0 Å². The molecule has 2 aromatic carbocycles. The zero-order valence-electron chi connectivity index (χ0n) is 22.5. The lowest BCUT2D eigenvalue weighted by Crippen LogP contribution is -2.31. The molecule has 0 spiro atoms. The van der Waals surface area contributed by atoms with Gasteiger partial charge in [-0.15, -0.1) is 13.2 Å². The Balaban J connectivity index is 1.88. The van der Waals surface area contributed by atoms with Gasteiger partial charge in [-0.3, -0.25) is 4.40 Å². The van der Waals surface area contributed by atoms with E-state index >= 15 is 0 Å². The molecule has 0 N–H and O–H groups in total. The van der Waals surface area contributed by atoms with Gasteiger partial charge in [-0.25, -0.2) is 9.97 Å². The predicted octanol–water partition coefficient (Wildman–Crippen LogP) is 8.29. The van der Waals surface area contributed by atoms with Crippen LogP contribution in [0.1, 0.15) is 91.1 Å². The van der Waals surface area contributed by atoms with Crippen molar-refractivity contribution in [1.82, 2.24) is 14.4 Å². The molecule has 0 saturated heterocycles. The van der Waals surface area contributed by atoms with Gasteiger partial charge in [0.2, 0.25) is 0 Å². The van der Waals surface area contributed by atoms with E-state index < -0.39 is 11.8 Å². The van der Waals surface area contributed by atoms with Crippen molar-refractivity contribution in [2.45, 2.75) is 97.1 Å². The summed E-state index contributed by atoms with van der Waals surface area (Å²) in [5, 5.41) is 0.671. The number of nitrogens with zero attached hydrogens (tertiary/aromatic N) is 3. The van der Waals surface area contributed by atoms with Gasteiger partial charge in [0.1, 0.15) is 17.2 Å². The average molecular weight is 514 g/mol. The van der Waals surface area contributed by atoms with Gasteiger partial charge in [-0.05, 0) is 61.1 Å². The van der Waals surface area contributed by atoms with E-state index in [1.165, 1.54) is 23.3 Å². The molecule has 0 atom stereocenters. The summed E-state index contributed by atoms with van der Waals surface area (Å²) in [5.41, 5.74) is 4.08. The molecule has 2 aromatic heterocycles. The maximum atomic E-state index is 12.9. The molecule has 0 fully saturated rings. The number of hydrogen-bond acceptors (Lipinski definition) is 4. The molecule has 8 heteroatoms. The monoisotopic (exact) mass is 513 g/mol. The number of halogens is 3. The Morgan fingerprint density at radius 1 is 0.838 bits per heavy atom. The Bertz CT molecular complexity index is 1510. The fraction of sp³-hybridized carbons (Fsp3) is 0.517. The van der Waals surface area contributed by atoms with E-state index in [9.17, 15) is 13.2 Å². The lowest BCUT2D eigenvalue weighted by Gasteiger charge is -2.34. The molecule has 5 nitrogen and oxygen atoms in total. The van der Waals surface area contributed by atoms with Gasteiger partial charge >= 0.3 is 6.36 Å². The number of aromatic nitrogens is 3. The van der Waals surface area contributed by atoms with Crippen molar-refractivity contribution in [2.24, 2.45) is 0 Å². The van der Waals surface area contributed by atoms with Gasteiger partial charge < -0.3 is 9.47 Å². The number of fused-ring (bicyclic) bond motifs is 6. The second-order valence-corrected chi connectivity index (χ2v) is 11.1. The van der Waals surface area contributed by atoms with Crippen LogP contribution in [-0.2, 0) is 21.4 Å². The molecule has 0 amide bonds. The normalized spacial score (nSPS) is 17.1. The van der Waals surface area contributed by atoms with E-state index in [-0.39, 0.29) is 17.0 Å². The topological polar surface area (TPSA) is 48.7 Å². The van der Waals surface area contributed by atoms with Crippen LogP contribution in [0.5, 0.6) is 5.75 Å². The summed E-state index contributed by atoms with van der Waals surface area (Å²) in [6.45, 7) is 14.8. The third-order valence-corrected chi connectivity index (χ3v) is 8.00. The van der Waals surface area contributed by atoms with Gasteiger partial charge in [-0.2, -0.15) is 0 Å². The highest BCUT2D eigenvalue weighted by atomic mass is 19.4. The summed E-state index contributed by atoms with van der Waals surface area (Å²) >= 11 is 0. The summed E-state index contributed by atoms with van der Waals surface area (Å²) in [6, 6.07) is 8.65. The fourth-order valence-electron chi connectivity index (χ4n) is 5.96. The minimum absolute atomic E-state index is 0.296. The lowest BCUT2D eigenvalue weighted by atomic mass is 9.82. The third kappa shape index (κ3) is 3.87. The summed E-state index contributed by atoms with van der Waals surface area (Å²) in [5.74, 6) is 0.423. The molecular weight excluding hydrogens is 479 g/mol. The van der Waals surface area contributed by atoms with E-state index in [2.05, 4.69) is 49.0 Å². The first-order chi connectivity index (χ1) is 17.3. The van der Waals surface area contributed by atoms with Crippen LogP contribution in [0.25, 0.3) is 27.6 Å². The minimum Gasteiger partial charge on any atom is -0.406 e. The number of hydrogen-bond donors (Lipinski definition) is 0. The zero-order valence-corrected chi connectivity index (χ0v) is 22.5. The predicted molar refractivity (Wildman–Crippen MR) is 139 cm³/mol. The molecule has 0 saturated carbocycles. The maximum Gasteiger partial charge on any atom is 0.573 e. The van der Waals surface area contributed by atoms with Crippen molar-refractivity contribution in [1.29, 1.82) is 0 Å². The molecule has 4 aromatic rings. The second kappa shape index (κ2) is 8.32. The Morgan fingerprint density at radius 3 is 1.97 bits per heavy atom. The first-order valence-electron chi connectivity index (χ1n) is 13.1. The maximum absolute atomic E-state index is 12.9. The number of imidazole rings is 1. The molecule has 198 valence electrons. The van der Waals surface area contributed by atoms with Crippen LogP contribution in [-0.4, -0.2) is 20.7 Å². The molecule has 1 aliphatic rings. The molecule has 37 heavy (non-hydrogen) atoms. The van der Waals surface area contributed by atoms with Crippen LogP contribution in [0, 0.1) is 0 Å². The lowest BCUT2D eigenvalue weighted by molar-refractivity contribution is -0.274. The van der Waals surface area contributed by atoms with Crippen LogP contribution < -0.4 is 4.74 Å². The first-order valence-corrected chi connectivity index (χ1v) is 13.1. The quantitative estimate of drug-likeness (QED) is 0.269. The Morgan fingerprint density at radius 2 is 1.43 bits per heavy atom. The Hall–Kier alpha value is -2.87. The highest BCUT2D eigenvalue weighted by molar-refractivity contribution is 5.97. The van der Waals surface area contributed by atoms with Crippen LogP contribution in [0.15, 0.2) is 30.3 Å². The molecule has 5 rings (SSSR count). The first kappa shape index (κ1) is 25.8. The summed E-state index contributed by atoms with van der Waals surface area (Å²) in [7, 11) is 0. The zero-order chi connectivity index (χ0) is 27.0. The van der Waals surface area contributed by atoms with Gasteiger partial charge in [0, 0.05) is 16.9 Å². The summed E-state index contributed by atoms with van der Waals surface area (Å²) in [6.07, 6.45) is -1.34. The van der Waals surface area contributed by atoms with Crippen LogP contribution >= 0.6 is 0 Å². The van der Waals surface area contributed by atoms with E-state index in [0.29, 0.717) is 16.6 Å². The Kier molecular flexibility index (Phi) is 5.79. The minimum atomic E-state index is -4.77. The summed E-state index contributed by atoms with van der Waals surface area (Å²) in [4.78, 5) is 9.90. The molecule has 3 heterocycles. The van der Waals surface area contributed by atoms with Crippen molar-refractivity contribution in [2.75, 3.05) is 0 Å². The van der Waals surface area contributed by atoms with Gasteiger partial charge in [0.25, 0.3) is 0 Å². The number of rotatable bonds is 5. The van der Waals surface area contributed by atoms with Crippen molar-refractivity contribution in [3.05, 3.63) is 47.3 Å². The van der Waals surface area contributed by atoms with Crippen molar-refractivity contribution in [3.8, 4) is 5.75 Å². The molecule has 0 unspecified atom stereocenters. The number of ether oxygens (including phenoxy) is 2. The second-order valence-electron chi connectivity index (χ2n) is 11.1. The SMILES string of the molecule is CCC1(CC)OC(CC)(CC)c2cc3c(cc21)nc1c2ccc(OC(F)(F)F)cc2nc(C(C)(C)C)n31. The van der Waals surface area contributed by atoms with E-state index in [1.54, 1.807) is 6.07 Å². The molecular formula is C29H34F3N3O2. The largest absolute Gasteiger partial charge is 0.573 e.